The molecule has 1 aliphatic rings. The van der Waals surface area contributed by atoms with Gasteiger partial charge in [0.1, 0.15) is 0 Å². The molecular weight excluding hydrogens is 174 g/mol. The van der Waals surface area contributed by atoms with Crippen molar-refractivity contribution in [3.8, 4) is 0 Å². The van der Waals surface area contributed by atoms with Gasteiger partial charge in [-0.15, -0.1) is 0 Å². The molecule has 5 heteroatoms. The first kappa shape index (κ1) is 9.98. The van der Waals surface area contributed by atoms with Gasteiger partial charge >= 0.3 is 11.9 Å². The Kier molecular flexibility index (Phi) is 2.87. The normalized spacial score (nSPS) is 32.9. The lowest BCUT2D eigenvalue weighted by Crippen LogP contribution is -2.33. The lowest BCUT2D eigenvalue weighted by atomic mass is 9.91. The summed E-state index contributed by atoms with van der Waals surface area (Å²) in [6, 6.07) is -0.179. The maximum absolute atomic E-state index is 11.1. The summed E-state index contributed by atoms with van der Waals surface area (Å²) in [7, 11) is 1.27. The minimum absolute atomic E-state index is 0.179. The van der Waals surface area contributed by atoms with Crippen molar-refractivity contribution >= 4 is 11.9 Å². The quantitative estimate of drug-likeness (QED) is 0.568. The average molecular weight is 187 g/mol. The van der Waals surface area contributed by atoms with Crippen LogP contribution in [0.4, 0.5) is 0 Å². The summed E-state index contributed by atoms with van der Waals surface area (Å²) in [5, 5.41) is 11.8. The fourth-order valence-corrected chi connectivity index (χ4v) is 1.68. The van der Waals surface area contributed by atoms with Gasteiger partial charge in [0.25, 0.3) is 0 Å². The number of hydrogen-bond donors (Lipinski definition) is 2. The summed E-state index contributed by atoms with van der Waals surface area (Å²) in [4.78, 5) is 21.9. The number of carbonyl (C=O) groups is 2. The lowest BCUT2D eigenvalue weighted by Gasteiger charge is -2.14. The van der Waals surface area contributed by atoms with Crippen molar-refractivity contribution < 1.29 is 19.4 Å². The van der Waals surface area contributed by atoms with E-state index in [2.05, 4.69) is 10.1 Å². The SMILES string of the molecule is COC(=O)C1CNC(C)C1C(=O)O. The van der Waals surface area contributed by atoms with Crippen LogP contribution < -0.4 is 5.32 Å². The van der Waals surface area contributed by atoms with Crippen LogP contribution in [0.5, 0.6) is 0 Å². The number of methoxy groups -OCH3 is 1. The van der Waals surface area contributed by atoms with Gasteiger partial charge in [0, 0.05) is 12.6 Å². The number of esters is 1. The van der Waals surface area contributed by atoms with Crippen molar-refractivity contribution in [2.24, 2.45) is 11.8 Å². The molecule has 0 saturated carbocycles. The molecule has 1 heterocycles. The van der Waals surface area contributed by atoms with E-state index in [0.717, 1.165) is 0 Å². The summed E-state index contributed by atoms with van der Waals surface area (Å²) in [5.74, 6) is -2.64. The van der Waals surface area contributed by atoms with Crippen molar-refractivity contribution in [3.05, 3.63) is 0 Å². The van der Waals surface area contributed by atoms with Gasteiger partial charge in [-0.3, -0.25) is 9.59 Å². The second-order valence-corrected chi connectivity index (χ2v) is 3.19. The van der Waals surface area contributed by atoms with Crippen molar-refractivity contribution in [2.75, 3.05) is 13.7 Å². The third-order valence-corrected chi connectivity index (χ3v) is 2.42. The summed E-state index contributed by atoms with van der Waals surface area (Å²) in [6.07, 6.45) is 0. The van der Waals surface area contributed by atoms with Crippen LogP contribution in [0.2, 0.25) is 0 Å². The van der Waals surface area contributed by atoms with Crippen molar-refractivity contribution in [1.82, 2.24) is 5.32 Å². The molecule has 1 fully saturated rings. The van der Waals surface area contributed by atoms with Gasteiger partial charge in [-0.05, 0) is 6.92 Å². The molecule has 0 bridgehead atoms. The number of aliphatic carboxylic acids is 1. The predicted molar refractivity (Wildman–Crippen MR) is 44.1 cm³/mol. The summed E-state index contributed by atoms with van der Waals surface area (Å²) in [5.41, 5.74) is 0. The summed E-state index contributed by atoms with van der Waals surface area (Å²) < 4.78 is 4.52. The van der Waals surface area contributed by atoms with Gasteiger partial charge in [0.2, 0.25) is 0 Å². The van der Waals surface area contributed by atoms with E-state index in [9.17, 15) is 9.59 Å². The Hall–Kier alpha value is -1.10. The molecule has 0 aliphatic carbocycles. The number of nitrogens with one attached hydrogen (secondary N) is 1. The van der Waals surface area contributed by atoms with Gasteiger partial charge in [-0.1, -0.05) is 0 Å². The maximum atomic E-state index is 11.1. The van der Waals surface area contributed by atoms with E-state index in [1.807, 2.05) is 0 Å². The topological polar surface area (TPSA) is 75.6 Å². The zero-order valence-corrected chi connectivity index (χ0v) is 7.61. The Morgan fingerprint density at radius 2 is 2.15 bits per heavy atom. The molecule has 0 spiro atoms. The molecule has 0 aromatic rings. The van der Waals surface area contributed by atoms with E-state index in [1.54, 1.807) is 6.92 Å². The molecule has 3 unspecified atom stereocenters. The average Bonchev–Trinajstić information content (AvgIpc) is 2.45. The highest BCUT2D eigenvalue weighted by Crippen LogP contribution is 2.23. The van der Waals surface area contributed by atoms with E-state index in [1.165, 1.54) is 7.11 Å². The molecule has 3 atom stereocenters. The first-order chi connectivity index (χ1) is 6.07. The van der Waals surface area contributed by atoms with Crippen molar-refractivity contribution in [1.29, 1.82) is 0 Å². The Balaban J connectivity index is 2.75. The number of carboxylic acid groups (broad SMARTS) is 1. The van der Waals surface area contributed by atoms with Crippen LogP contribution >= 0.6 is 0 Å². The Bertz CT molecular complexity index is 228. The van der Waals surface area contributed by atoms with E-state index in [4.69, 9.17) is 5.11 Å². The lowest BCUT2D eigenvalue weighted by molar-refractivity contribution is -0.154. The first-order valence-electron chi connectivity index (χ1n) is 4.12. The fraction of sp³-hybridized carbons (Fsp3) is 0.750. The molecule has 1 rings (SSSR count). The van der Waals surface area contributed by atoms with Crippen LogP contribution in [0.3, 0.4) is 0 Å². The predicted octanol–water partition coefficient (Wildman–Crippen LogP) is -0.532. The van der Waals surface area contributed by atoms with Crippen LogP contribution in [0.1, 0.15) is 6.92 Å². The van der Waals surface area contributed by atoms with Gasteiger partial charge in [-0.2, -0.15) is 0 Å². The fourth-order valence-electron chi connectivity index (χ4n) is 1.68. The minimum atomic E-state index is -0.951. The zero-order valence-electron chi connectivity index (χ0n) is 7.61. The molecule has 2 N–H and O–H groups in total. The van der Waals surface area contributed by atoms with Gasteiger partial charge in [-0.25, -0.2) is 0 Å². The number of rotatable bonds is 2. The summed E-state index contributed by atoms with van der Waals surface area (Å²) >= 11 is 0. The smallest absolute Gasteiger partial charge is 0.310 e. The van der Waals surface area contributed by atoms with Crippen LogP contribution in [0.25, 0.3) is 0 Å². The van der Waals surface area contributed by atoms with E-state index in [-0.39, 0.29) is 6.04 Å². The molecule has 74 valence electrons. The third-order valence-electron chi connectivity index (χ3n) is 2.42. The Morgan fingerprint density at radius 3 is 2.62 bits per heavy atom. The second kappa shape index (κ2) is 3.74. The standard InChI is InChI=1S/C8H13NO4/c1-4-6(7(10)11)5(3-9-4)8(12)13-2/h4-6,9H,3H2,1-2H3,(H,10,11). The molecule has 0 radical (unpaired) electrons. The van der Waals surface area contributed by atoms with E-state index < -0.39 is 23.8 Å². The highest BCUT2D eigenvalue weighted by atomic mass is 16.5. The highest BCUT2D eigenvalue weighted by Gasteiger charge is 2.43. The van der Waals surface area contributed by atoms with Crippen LogP contribution in [-0.2, 0) is 14.3 Å². The highest BCUT2D eigenvalue weighted by molar-refractivity contribution is 5.82. The van der Waals surface area contributed by atoms with E-state index in [0.29, 0.717) is 6.54 Å². The summed E-state index contributed by atoms with van der Waals surface area (Å²) in [6.45, 7) is 2.13. The molecule has 5 nitrogen and oxygen atoms in total. The third kappa shape index (κ3) is 1.80. The van der Waals surface area contributed by atoms with Gasteiger partial charge in [0.05, 0.1) is 18.9 Å². The molecule has 0 aromatic heterocycles. The largest absolute Gasteiger partial charge is 0.481 e. The van der Waals surface area contributed by atoms with Crippen molar-refractivity contribution in [3.63, 3.8) is 0 Å². The number of carboxylic acids is 1. The van der Waals surface area contributed by atoms with Crippen LogP contribution in [0, 0.1) is 11.8 Å². The molecule has 13 heavy (non-hydrogen) atoms. The maximum Gasteiger partial charge on any atom is 0.310 e. The number of carbonyl (C=O) groups excluding carboxylic acids is 1. The minimum Gasteiger partial charge on any atom is -0.481 e. The number of hydrogen-bond acceptors (Lipinski definition) is 4. The second-order valence-electron chi connectivity index (χ2n) is 3.19. The molecule has 1 aliphatic heterocycles. The van der Waals surface area contributed by atoms with Crippen LogP contribution in [0.15, 0.2) is 0 Å². The number of ether oxygens (including phenoxy) is 1. The van der Waals surface area contributed by atoms with Crippen LogP contribution in [-0.4, -0.2) is 36.7 Å². The monoisotopic (exact) mass is 187 g/mol. The Morgan fingerprint density at radius 1 is 1.54 bits per heavy atom. The molecule has 1 saturated heterocycles. The van der Waals surface area contributed by atoms with Gasteiger partial charge in [0.15, 0.2) is 0 Å². The molecule has 0 aromatic carbocycles. The van der Waals surface area contributed by atoms with Crippen molar-refractivity contribution in [2.45, 2.75) is 13.0 Å². The zero-order chi connectivity index (χ0) is 10.0. The van der Waals surface area contributed by atoms with E-state index >= 15 is 0 Å². The Labute approximate surface area is 76.1 Å². The molecule has 0 amide bonds. The molecular formula is C8H13NO4. The van der Waals surface area contributed by atoms with Gasteiger partial charge < -0.3 is 15.2 Å². The first-order valence-corrected chi connectivity index (χ1v) is 4.12.